The Bertz CT molecular complexity index is 2210. The van der Waals surface area contributed by atoms with Crippen molar-refractivity contribution in [3.8, 4) is 6.07 Å². The zero-order chi connectivity index (χ0) is 39.4. The molecule has 0 bridgehead atoms. The van der Waals surface area contributed by atoms with E-state index < -0.39 is 29.7 Å². The molecule has 2 unspecified atom stereocenters. The predicted molar refractivity (Wildman–Crippen MR) is 215 cm³/mol. The molecule has 5 saturated heterocycles. The van der Waals surface area contributed by atoms with Gasteiger partial charge in [0.2, 0.25) is 11.8 Å². The summed E-state index contributed by atoms with van der Waals surface area (Å²) in [6.07, 6.45) is 4.23. The summed E-state index contributed by atoms with van der Waals surface area (Å²) in [5.74, 6) is -1.89. The molecular weight excluding hydrogens is 744 g/mol. The number of piperidine rings is 2. The standard InChI is InChI=1S/C43H45ClN8O5/c44-36-24-32(5-4-29(36)25-45)47-15-11-43(12-16-47)13-17-51(27-43)40(55)28-2-1-3-30(22-28)48-18-20-49(21-19-48)33-10-14-50(26-33)31-6-7-34-35(23-31)42(57)52(41(34)56)37-8-9-38(53)46-39(37)54/h1-7,22-24,33,37H,8-21,26-27H2,(H,46,53,54). The zero-order valence-electron chi connectivity index (χ0n) is 31.8. The second-order valence-electron chi connectivity index (χ2n) is 16.4. The van der Waals surface area contributed by atoms with Gasteiger partial charge in [-0.2, -0.15) is 5.26 Å². The van der Waals surface area contributed by atoms with Gasteiger partial charge in [0, 0.05) is 101 Å². The van der Waals surface area contributed by atoms with Gasteiger partial charge in [-0.3, -0.25) is 39.1 Å². The fourth-order valence-corrected chi connectivity index (χ4v) is 10.1. The molecule has 3 aromatic carbocycles. The summed E-state index contributed by atoms with van der Waals surface area (Å²) in [5, 5.41) is 12.0. The molecule has 6 aliphatic heterocycles. The number of nitrogens with one attached hydrogen (secondary N) is 1. The highest BCUT2D eigenvalue weighted by molar-refractivity contribution is 6.32. The molecule has 13 nitrogen and oxygen atoms in total. The van der Waals surface area contributed by atoms with Gasteiger partial charge in [-0.05, 0) is 92.1 Å². The number of anilines is 3. The fourth-order valence-electron chi connectivity index (χ4n) is 9.84. The number of fused-ring (bicyclic) bond motifs is 1. The van der Waals surface area contributed by atoms with Crippen LogP contribution in [-0.2, 0) is 9.59 Å². The van der Waals surface area contributed by atoms with E-state index in [4.69, 9.17) is 11.6 Å². The maximum Gasteiger partial charge on any atom is 0.262 e. The first-order valence-corrected chi connectivity index (χ1v) is 20.4. The highest BCUT2D eigenvalue weighted by Crippen LogP contribution is 2.42. The largest absolute Gasteiger partial charge is 0.371 e. The Balaban J connectivity index is 0.772. The average Bonchev–Trinajstić information content (AvgIpc) is 3.95. The van der Waals surface area contributed by atoms with Crippen molar-refractivity contribution < 1.29 is 24.0 Å². The molecule has 2 atom stereocenters. The maximum absolute atomic E-state index is 13.9. The summed E-state index contributed by atoms with van der Waals surface area (Å²) in [7, 11) is 0. The number of hydrogen-bond acceptors (Lipinski definition) is 10. The van der Waals surface area contributed by atoms with Crippen molar-refractivity contribution in [1.29, 1.82) is 5.26 Å². The first kappa shape index (κ1) is 37.1. The van der Waals surface area contributed by atoms with Crippen molar-refractivity contribution >= 4 is 58.2 Å². The van der Waals surface area contributed by atoms with Crippen molar-refractivity contribution in [3.05, 3.63) is 87.9 Å². The Kier molecular flexibility index (Phi) is 9.65. The van der Waals surface area contributed by atoms with E-state index in [1.807, 2.05) is 35.2 Å². The van der Waals surface area contributed by atoms with Crippen LogP contribution in [0.15, 0.2) is 60.7 Å². The van der Waals surface area contributed by atoms with E-state index in [0.29, 0.717) is 27.8 Å². The summed E-state index contributed by atoms with van der Waals surface area (Å²) in [6.45, 7) is 8.48. The molecule has 0 radical (unpaired) electrons. The van der Waals surface area contributed by atoms with Gasteiger partial charge in [-0.25, -0.2) is 0 Å². The average molecular weight is 789 g/mol. The van der Waals surface area contributed by atoms with Crippen LogP contribution in [0.3, 0.4) is 0 Å². The van der Waals surface area contributed by atoms with Crippen LogP contribution in [0.1, 0.15) is 75.2 Å². The number of amides is 5. The number of rotatable bonds is 6. The number of piperazine rings is 1. The van der Waals surface area contributed by atoms with Crippen LogP contribution in [0.5, 0.6) is 0 Å². The summed E-state index contributed by atoms with van der Waals surface area (Å²) in [6, 6.07) is 20.6. The maximum atomic E-state index is 13.9. The van der Waals surface area contributed by atoms with Gasteiger partial charge in [0.05, 0.1) is 21.7 Å². The molecule has 3 aromatic rings. The van der Waals surface area contributed by atoms with E-state index in [1.54, 1.807) is 18.2 Å². The number of hydrogen-bond donors (Lipinski definition) is 1. The smallest absolute Gasteiger partial charge is 0.262 e. The molecule has 1 N–H and O–H groups in total. The number of carbonyl (C=O) groups excluding carboxylic acids is 5. The van der Waals surface area contributed by atoms with Crippen LogP contribution in [-0.4, -0.2) is 122 Å². The first-order chi connectivity index (χ1) is 27.6. The van der Waals surface area contributed by atoms with Crippen molar-refractivity contribution in [1.82, 2.24) is 20.0 Å². The Morgan fingerprint density at radius 2 is 1.46 bits per heavy atom. The van der Waals surface area contributed by atoms with Crippen molar-refractivity contribution in [2.75, 3.05) is 80.1 Å². The molecule has 1 spiro atoms. The van der Waals surface area contributed by atoms with Crippen LogP contribution in [0.25, 0.3) is 0 Å². The summed E-state index contributed by atoms with van der Waals surface area (Å²) >= 11 is 6.31. The molecule has 6 aliphatic rings. The van der Waals surface area contributed by atoms with Crippen molar-refractivity contribution in [2.45, 2.75) is 50.6 Å². The Morgan fingerprint density at radius 3 is 2.21 bits per heavy atom. The van der Waals surface area contributed by atoms with Crippen molar-refractivity contribution in [2.24, 2.45) is 5.41 Å². The Hall–Kier alpha value is -5.45. The minimum Gasteiger partial charge on any atom is -0.371 e. The summed E-state index contributed by atoms with van der Waals surface area (Å²) in [5.41, 5.74) is 4.93. The van der Waals surface area contributed by atoms with Gasteiger partial charge >= 0.3 is 0 Å². The summed E-state index contributed by atoms with van der Waals surface area (Å²) < 4.78 is 0. The molecule has 0 aromatic heterocycles. The van der Waals surface area contributed by atoms with Crippen LogP contribution < -0.4 is 20.0 Å². The molecule has 57 heavy (non-hydrogen) atoms. The molecule has 0 aliphatic carbocycles. The van der Waals surface area contributed by atoms with E-state index >= 15 is 0 Å². The number of imide groups is 2. The lowest BCUT2D eigenvalue weighted by molar-refractivity contribution is -0.136. The van der Waals surface area contributed by atoms with Gasteiger partial charge in [-0.15, -0.1) is 0 Å². The predicted octanol–water partition coefficient (Wildman–Crippen LogP) is 4.15. The van der Waals surface area contributed by atoms with Gasteiger partial charge in [-0.1, -0.05) is 17.7 Å². The number of likely N-dealkylation sites (tertiary alicyclic amines) is 1. The zero-order valence-corrected chi connectivity index (χ0v) is 32.5. The molecular formula is C43H45ClN8O5. The molecule has 6 heterocycles. The molecule has 294 valence electrons. The molecule has 14 heteroatoms. The number of benzene rings is 3. The Labute approximate surface area is 336 Å². The van der Waals surface area contributed by atoms with Gasteiger partial charge < -0.3 is 19.6 Å². The van der Waals surface area contributed by atoms with Crippen LogP contribution >= 0.6 is 11.6 Å². The van der Waals surface area contributed by atoms with Crippen molar-refractivity contribution in [3.63, 3.8) is 0 Å². The highest BCUT2D eigenvalue weighted by atomic mass is 35.5. The van der Waals surface area contributed by atoms with E-state index in [-0.39, 0.29) is 24.2 Å². The quantitative estimate of drug-likeness (QED) is 0.363. The van der Waals surface area contributed by atoms with Gasteiger partial charge in [0.1, 0.15) is 12.1 Å². The lowest BCUT2D eigenvalue weighted by Crippen LogP contribution is -2.54. The molecule has 5 fully saturated rings. The third kappa shape index (κ3) is 6.89. The molecule has 5 amide bonds. The lowest BCUT2D eigenvalue weighted by atomic mass is 9.77. The van der Waals surface area contributed by atoms with Crippen LogP contribution in [0.2, 0.25) is 5.02 Å². The van der Waals surface area contributed by atoms with E-state index in [0.717, 1.165) is 119 Å². The van der Waals surface area contributed by atoms with E-state index in [9.17, 15) is 29.2 Å². The second kappa shape index (κ2) is 14.8. The molecule has 0 saturated carbocycles. The summed E-state index contributed by atoms with van der Waals surface area (Å²) in [4.78, 5) is 77.1. The topological polar surface area (TPSA) is 141 Å². The van der Waals surface area contributed by atoms with Crippen LogP contribution in [0, 0.1) is 16.7 Å². The highest BCUT2D eigenvalue weighted by Gasteiger charge is 2.45. The number of carbonyl (C=O) groups is 5. The number of halogens is 1. The minimum absolute atomic E-state index is 0.0886. The minimum atomic E-state index is -0.979. The van der Waals surface area contributed by atoms with Crippen LogP contribution in [0.4, 0.5) is 17.1 Å². The lowest BCUT2D eigenvalue weighted by Gasteiger charge is -2.40. The number of nitriles is 1. The third-order valence-electron chi connectivity index (χ3n) is 13.2. The molecule has 9 rings (SSSR count). The second-order valence-corrected chi connectivity index (χ2v) is 16.8. The number of nitrogens with zero attached hydrogens (tertiary/aromatic N) is 7. The fraction of sp³-hybridized carbons (Fsp3) is 0.442. The van der Waals surface area contributed by atoms with E-state index in [2.05, 4.69) is 43.1 Å². The van der Waals surface area contributed by atoms with E-state index in [1.165, 1.54) is 0 Å². The SMILES string of the molecule is N#Cc1ccc(N2CCC3(CCN(C(=O)c4cccc(N5CCN(C6CCN(c7ccc8c(c7)C(=O)N(C7CCC(=O)NC7=O)C8=O)C6)CC5)c4)C3)CC2)cc1Cl. The van der Waals surface area contributed by atoms with Gasteiger partial charge in [0.25, 0.3) is 17.7 Å². The normalized spacial score (nSPS) is 23.7. The first-order valence-electron chi connectivity index (χ1n) is 20.0. The third-order valence-corrected chi connectivity index (χ3v) is 13.5. The Morgan fingerprint density at radius 1 is 0.754 bits per heavy atom. The monoisotopic (exact) mass is 788 g/mol. The van der Waals surface area contributed by atoms with Gasteiger partial charge in [0.15, 0.2) is 0 Å².